The number of benzene rings is 1. The number of amides is 2. The van der Waals surface area contributed by atoms with Crippen molar-refractivity contribution < 1.29 is 24.6 Å². The summed E-state index contributed by atoms with van der Waals surface area (Å²) in [7, 11) is 0. The van der Waals surface area contributed by atoms with Gasteiger partial charge in [-0.1, -0.05) is 23.9 Å². The molecule has 10 heteroatoms. The summed E-state index contributed by atoms with van der Waals surface area (Å²) in [5.41, 5.74) is 0.473. The average Bonchev–Trinajstić information content (AvgIpc) is 2.87. The lowest BCUT2D eigenvalue weighted by molar-refractivity contribution is -0.137. The van der Waals surface area contributed by atoms with E-state index in [1.165, 1.54) is 12.3 Å². The molecule has 1 aromatic carbocycles. The maximum atomic E-state index is 11.7. The van der Waals surface area contributed by atoms with Crippen molar-refractivity contribution in [2.75, 3.05) is 6.54 Å². The van der Waals surface area contributed by atoms with E-state index in [1.807, 2.05) is 0 Å². The maximum absolute atomic E-state index is 11.7. The van der Waals surface area contributed by atoms with Crippen LogP contribution in [0.2, 0.25) is 0 Å². The van der Waals surface area contributed by atoms with Crippen LogP contribution in [0.1, 0.15) is 12.0 Å². The van der Waals surface area contributed by atoms with Crippen LogP contribution in [0.5, 0.6) is 5.75 Å². The van der Waals surface area contributed by atoms with Crippen molar-refractivity contribution >= 4 is 40.9 Å². The van der Waals surface area contributed by atoms with Gasteiger partial charge in [-0.25, -0.2) is 0 Å². The maximum Gasteiger partial charge on any atom is 0.322 e. The van der Waals surface area contributed by atoms with Gasteiger partial charge in [0.25, 0.3) is 0 Å². The Balaban J connectivity index is 1.90. The van der Waals surface area contributed by atoms with Crippen LogP contribution in [0.15, 0.2) is 34.5 Å². The monoisotopic (exact) mass is 350 g/mol. The Morgan fingerprint density at radius 2 is 2.12 bits per heavy atom. The highest BCUT2D eigenvalue weighted by Crippen LogP contribution is 2.22. The lowest BCUT2D eigenvalue weighted by Gasteiger charge is -2.04. The molecule has 2 amide bonds. The number of nitrogens with one attached hydrogen (secondary N) is 2. The summed E-state index contributed by atoms with van der Waals surface area (Å²) in [6.07, 6.45) is 1.17. The molecule has 1 atom stereocenters. The van der Waals surface area contributed by atoms with E-state index in [2.05, 4.69) is 20.8 Å². The molecule has 24 heavy (non-hydrogen) atoms. The molecule has 1 heterocycles. The SMILES string of the molecule is O=C(O)CNC(=O)CC1S/C(=N/N=C/c2ccccc2O)NC1=O. The quantitative estimate of drug-likeness (QED) is 0.417. The van der Waals surface area contributed by atoms with Crippen molar-refractivity contribution in [3.8, 4) is 5.75 Å². The molecule has 0 aromatic heterocycles. The van der Waals surface area contributed by atoms with Crippen LogP contribution >= 0.6 is 11.8 Å². The highest BCUT2D eigenvalue weighted by Gasteiger charge is 2.32. The fraction of sp³-hybridized carbons (Fsp3) is 0.214. The minimum atomic E-state index is -1.16. The highest BCUT2D eigenvalue weighted by atomic mass is 32.2. The Morgan fingerprint density at radius 3 is 2.83 bits per heavy atom. The van der Waals surface area contributed by atoms with Crippen molar-refractivity contribution in [2.45, 2.75) is 11.7 Å². The van der Waals surface area contributed by atoms with Crippen LogP contribution in [0, 0.1) is 0 Å². The number of aromatic hydroxyl groups is 1. The molecular weight excluding hydrogens is 336 g/mol. The third-order valence-corrected chi connectivity index (χ3v) is 3.94. The Hall–Kier alpha value is -2.88. The number of para-hydroxylation sites is 1. The molecule has 1 aliphatic rings. The van der Waals surface area contributed by atoms with E-state index in [0.717, 1.165) is 11.8 Å². The molecule has 1 saturated heterocycles. The Morgan fingerprint density at radius 1 is 1.38 bits per heavy atom. The van der Waals surface area contributed by atoms with E-state index in [4.69, 9.17) is 5.11 Å². The highest BCUT2D eigenvalue weighted by molar-refractivity contribution is 8.15. The number of amidine groups is 1. The minimum absolute atomic E-state index is 0.0533. The summed E-state index contributed by atoms with van der Waals surface area (Å²) >= 11 is 1.03. The molecule has 126 valence electrons. The smallest absolute Gasteiger partial charge is 0.322 e. The second-order valence-corrected chi connectivity index (χ2v) is 5.87. The first-order chi connectivity index (χ1) is 11.5. The number of rotatable bonds is 6. The van der Waals surface area contributed by atoms with Crippen LogP contribution in [-0.2, 0) is 14.4 Å². The Labute approximate surface area is 140 Å². The lowest BCUT2D eigenvalue weighted by Crippen LogP contribution is -2.33. The van der Waals surface area contributed by atoms with E-state index in [1.54, 1.807) is 18.2 Å². The number of hydrogen-bond donors (Lipinski definition) is 4. The molecule has 1 fully saturated rings. The number of carboxylic acids is 1. The number of carbonyl (C=O) groups is 3. The molecule has 0 bridgehead atoms. The van der Waals surface area contributed by atoms with Crippen molar-refractivity contribution in [3.63, 3.8) is 0 Å². The minimum Gasteiger partial charge on any atom is -0.507 e. The summed E-state index contributed by atoms with van der Waals surface area (Å²) in [5, 5.41) is 29.8. The second kappa shape index (κ2) is 8.11. The second-order valence-electron chi connectivity index (χ2n) is 4.68. The number of carboxylic acid groups (broad SMARTS) is 1. The van der Waals surface area contributed by atoms with Crippen LogP contribution in [0.4, 0.5) is 0 Å². The zero-order chi connectivity index (χ0) is 17.5. The fourth-order valence-corrected chi connectivity index (χ4v) is 2.67. The van der Waals surface area contributed by atoms with Crippen molar-refractivity contribution in [3.05, 3.63) is 29.8 Å². The van der Waals surface area contributed by atoms with E-state index < -0.39 is 29.6 Å². The molecule has 1 unspecified atom stereocenters. The van der Waals surface area contributed by atoms with Gasteiger partial charge in [0.1, 0.15) is 17.5 Å². The predicted molar refractivity (Wildman–Crippen MR) is 87.9 cm³/mol. The van der Waals surface area contributed by atoms with Gasteiger partial charge in [0, 0.05) is 12.0 Å². The van der Waals surface area contributed by atoms with E-state index in [0.29, 0.717) is 5.56 Å². The van der Waals surface area contributed by atoms with E-state index >= 15 is 0 Å². The van der Waals surface area contributed by atoms with Gasteiger partial charge in [-0.05, 0) is 12.1 Å². The van der Waals surface area contributed by atoms with E-state index in [9.17, 15) is 19.5 Å². The number of phenolic OH excluding ortho intramolecular Hbond substituents is 1. The number of carbonyl (C=O) groups excluding carboxylic acids is 2. The molecule has 1 aromatic rings. The predicted octanol–water partition coefficient (Wildman–Crippen LogP) is -0.0954. The van der Waals surface area contributed by atoms with Gasteiger partial charge in [0.05, 0.1) is 6.21 Å². The Bertz CT molecular complexity index is 719. The molecule has 0 radical (unpaired) electrons. The van der Waals surface area contributed by atoms with Crippen LogP contribution in [0.25, 0.3) is 0 Å². The van der Waals surface area contributed by atoms with Gasteiger partial charge < -0.3 is 20.8 Å². The van der Waals surface area contributed by atoms with Crippen molar-refractivity contribution in [2.24, 2.45) is 10.2 Å². The summed E-state index contributed by atoms with van der Waals surface area (Å²) in [4.78, 5) is 33.6. The molecule has 4 N–H and O–H groups in total. The summed E-state index contributed by atoms with van der Waals surface area (Å²) < 4.78 is 0. The molecule has 0 aliphatic carbocycles. The van der Waals surface area contributed by atoms with Gasteiger partial charge in [0.15, 0.2) is 5.17 Å². The standard InChI is InChI=1S/C14H14N4O5S/c19-9-4-2-1-3-8(9)6-16-18-14-17-13(23)10(24-14)5-11(20)15-7-12(21)22/h1-4,6,10,19H,5,7H2,(H,15,20)(H,21,22)(H,17,18,23)/b16-6+. The van der Waals surface area contributed by atoms with E-state index in [-0.39, 0.29) is 17.3 Å². The van der Waals surface area contributed by atoms with Crippen molar-refractivity contribution in [1.82, 2.24) is 10.6 Å². The van der Waals surface area contributed by atoms with Crippen LogP contribution < -0.4 is 10.6 Å². The summed E-state index contributed by atoms with van der Waals surface area (Å²) in [5.74, 6) is -2.05. The van der Waals surface area contributed by atoms with Crippen LogP contribution in [0.3, 0.4) is 0 Å². The summed E-state index contributed by atoms with van der Waals surface area (Å²) in [6.45, 7) is -0.496. The summed E-state index contributed by atoms with van der Waals surface area (Å²) in [6, 6.07) is 6.55. The zero-order valence-corrected chi connectivity index (χ0v) is 13.1. The lowest BCUT2D eigenvalue weighted by atomic mass is 10.2. The van der Waals surface area contributed by atoms with Crippen molar-refractivity contribution in [1.29, 1.82) is 0 Å². The average molecular weight is 350 g/mol. The zero-order valence-electron chi connectivity index (χ0n) is 12.3. The first-order valence-corrected chi connectivity index (χ1v) is 7.68. The van der Waals surface area contributed by atoms with Gasteiger partial charge in [0.2, 0.25) is 11.8 Å². The molecule has 2 rings (SSSR count). The van der Waals surface area contributed by atoms with Gasteiger partial charge in [-0.3, -0.25) is 14.4 Å². The third kappa shape index (κ3) is 5.09. The van der Waals surface area contributed by atoms with Gasteiger partial charge >= 0.3 is 5.97 Å². The largest absolute Gasteiger partial charge is 0.507 e. The first kappa shape index (κ1) is 17.5. The topological polar surface area (TPSA) is 140 Å². The van der Waals surface area contributed by atoms with Crippen LogP contribution in [-0.4, -0.2) is 51.2 Å². The number of aliphatic carboxylic acids is 1. The molecule has 0 spiro atoms. The molecule has 1 aliphatic heterocycles. The number of nitrogens with zero attached hydrogens (tertiary/aromatic N) is 2. The first-order valence-electron chi connectivity index (χ1n) is 6.80. The molecule has 0 saturated carbocycles. The number of hydrogen-bond acceptors (Lipinski definition) is 7. The number of phenols is 1. The Kier molecular flexibility index (Phi) is 5.90. The normalized spacial score (nSPS) is 18.8. The fourth-order valence-electron chi connectivity index (χ4n) is 1.74. The van der Waals surface area contributed by atoms with Gasteiger partial charge in [-0.15, -0.1) is 5.10 Å². The molecule has 9 nitrogen and oxygen atoms in total. The molecular formula is C14H14N4O5S. The third-order valence-electron chi connectivity index (χ3n) is 2.87. The van der Waals surface area contributed by atoms with Gasteiger partial charge in [-0.2, -0.15) is 5.10 Å². The number of thioether (sulfide) groups is 1.